The van der Waals surface area contributed by atoms with Crippen molar-refractivity contribution in [1.29, 1.82) is 0 Å². The molecule has 0 bridgehead atoms. The van der Waals surface area contributed by atoms with Crippen molar-refractivity contribution in [3.05, 3.63) is 12.3 Å². The maximum absolute atomic E-state index is 11.3. The topological polar surface area (TPSA) is 110 Å². The normalized spacial score (nSPS) is 12.8. The molecule has 0 aromatic carbocycles. The third-order valence-corrected chi connectivity index (χ3v) is 2.77. The van der Waals surface area contributed by atoms with E-state index in [0.29, 0.717) is 23.9 Å². The fourth-order valence-electron chi connectivity index (χ4n) is 1.93. The van der Waals surface area contributed by atoms with Crippen LogP contribution in [-0.2, 0) is 11.3 Å². The highest BCUT2D eigenvalue weighted by molar-refractivity contribution is 5.70. The van der Waals surface area contributed by atoms with Gasteiger partial charge in [0.1, 0.15) is 5.69 Å². The fraction of sp³-hybridized carbons (Fsp3) is 0.545. The van der Waals surface area contributed by atoms with E-state index >= 15 is 0 Å². The van der Waals surface area contributed by atoms with Crippen LogP contribution in [0.5, 0.6) is 0 Å². The van der Waals surface area contributed by atoms with Gasteiger partial charge in [0, 0.05) is 6.20 Å². The van der Waals surface area contributed by atoms with Crippen LogP contribution >= 0.6 is 0 Å². The van der Waals surface area contributed by atoms with Crippen LogP contribution in [0, 0.1) is 11.8 Å². The number of rotatable bonds is 6. The summed E-state index contributed by atoms with van der Waals surface area (Å²) in [5.41, 5.74) is 0.665. The number of carboxylic acid groups (broad SMARTS) is 1. The van der Waals surface area contributed by atoms with Crippen LogP contribution in [0.4, 0.5) is 0 Å². The number of aromatic nitrogens is 6. The van der Waals surface area contributed by atoms with Gasteiger partial charge in [0.05, 0.1) is 12.5 Å². The lowest BCUT2D eigenvalue weighted by Crippen LogP contribution is -2.23. The smallest absolute Gasteiger partial charge is 0.308 e. The van der Waals surface area contributed by atoms with E-state index in [1.165, 1.54) is 4.68 Å². The first-order chi connectivity index (χ1) is 9.08. The van der Waals surface area contributed by atoms with Gasteiger partial charge in [-0.2, -0.15) is 5.10 Å². The van der Waals surface area contributed by atoms with Gasteiger partial charge in [0.15, 0.2) is 5.82 Å². The zero-order valence-electron chi connectivity index (χ0n) is 10.8. The minimum absolute atomic E-state index is 0.245. The van der Waals surface area contributed by atoms with Gasteiger partial charge in [-0.15, -0.1) is 5.10 Å². The van der Waals surface area contributed by atoms with Crippen molar-refractivity contribution in [2.45, 2.75) is 26.8 Å². The number of aliphatic carboxylic acids is 1. The molecule has 8 heteroatoms. The molecule has 0 radical (unpaired) electrons. The molecular weight excluding hydrogens is 248 g/mol. The molecule has 2 aromatic heterocycles. The van der Waals surface area contributed by atoms with E-state index in [4.69, 9.17) is 0 Å². The molecule has 8 nitrogen and oxygen atoms in total. The predicted octanol–water partition coefficient (Wildman–Crippen LogP) is 0.810. The van der Waals surface area contributed by atoms with Crippen LogP contribution in [0.25, 0.3) is 11.5 Å². The van der Waals surface area contributed by atoms with Crippen LogP contribution in [0.1, 0.15) is 20.3 Å². The van der Waals surface area contributed by atoms with Crippen molar-refractivity contribution in [2.75, 3.05) is 0 Å². The van der Waals surface area contributed by atoms with Gasteiger partial charge >= 0.3 is 5.97 Å². The summed E-state index contributed by atoms with van der Waals surface area (Å²) in [4.78, 5) is 11.3. The van der Waals surface area contributed by atoms with Crippen LogP contribution < -0.4 is 0 Å². The Labute approximate surface area is 109 Å². The molecule has 2 N–H and O–H groups in total. The third kappa shape index (κ3) is 3.15. The van der Waals surface area contributed by atoms with E-state index in [2.05, 4.69) is 25.7 Å². The predicted molar refractivity (Wildman–Crippen MR) is 66.0 cm³/mol. The summed E-state index contributed by atoms with van der Waals surface area (Å²) in [6, 6.07) is 1.74. The van der Waals surface area contributed by atoms with E-state index in [-0.39, 0.29) is 6.54 Å². The molecule has 2 aromatic rings. The van der Waals surface area contributed by atoms with Gasteiger partial charge in [-0.3, -0.25) is 9.89 Å². The summed E-state index contributed by atoms with van der Waals surface area (Å²) >= 11 is 0. The molecule has 0 amide bonds. The van der Waals surface area contributed by atoms with Crippen molar-refractivity contribution >= 4 is 5.97 Å². The van der Waals surface area contributed by atoms with Gasteiger partial charge in [-0.1, -0.05) is 13.8 Å². The lowest BCUT2D eigenvalue weighted by Gasteiger charge is -2.14. The lowest BCUT2D eigenvalue weighted by molar-refractivity contribution is -0.142. The number of hydrogen-bond acceptors (Lipinski definition) is 5. The van der Waals surface area contributed by atoms with E-state index in [0.717, 1.165) is 0 Å². The molecule has 102 valence electrons. The molecule has 0 aliphatic carbocycles. The molecule has 0 saturated heterocycles. The number of aromatic amines is 1. The Kier molecular flexibility index (Phi) is 3.88. The zero-order chi connectivity index (χ0) is 13.8. The molecule has 1 unspecified atom stereocenters. The van der Waals surface area contributed by atoms with E-state index in [1.54, 1.807) is 12.3 Å². The Bertz CT molecular complexity index is 533. The van der Waals surface area contributed by atoms with Crippen LogP contribution in [0.2, 0.25) is 0 Å². The first-order valence-electron chi connectivity index (χ1n) is 6.06. The number of carbonyl (C=O) groups is 1. The Morgan fingerprint density at radius 3 is 2.89 bits per heavy atom. The summed E-state index contributed by atoms with van der Waals surface area (Å²) in [6.07, 6.45) is 2.18. The minimum atomic E-state index is -0.834. The summed E-state index contributed by atoms with van der Waals surface area (Å²) < 4.78 is 1.49. The van der Waals surface area contributed by atoms with Gasteiger partial charge in [-0.25, -0.2) is 4.68 Å². The maximum atomic E-state index is 11.3. The molecule has 0 aliphatic rings. The second-order valence-electron chi connectivity index (χ2n) is 4.82. The monoisotopic (exact) mass is 264 g/mol. The zero-order valence-corrected chi connectivity index (χ0v) is 10.8. The Hall–Kier alpha value is -2.25. The number of tetrazole rings is 1. The van der Waals surface area contributed by atoms with Gasteiger partial charge in [0.2, 0.25) is 0 Å². The Morgan fingerprint density at radius 1 is 1.53 bits per heavy atom. The standard InChI is InChI=1S/C11H16N6O2/c1-7(2)5-8(11(18)19)6-17-10(14-15-16-17)9-3-4-12-13-9/h3-4,7-8H,5-6H2,1-2H3,(H,12,13)(H,18,19). The van der Waals surface area contributed by atoms with Crippen molar-refractivity contribution < 1.29 is 9.90 Å². The highest BCUT2D eigenvalue weighted by atomic mass is 16.4. The second-order valence-corrected chi connectivity index (χ2v) is 4.82. The van der Waals surface area contributed by atoms with E-state index < -0.39 is 11.9 Å². The summed E-state index contributed by atoms with van der Waals surface area (Å²) in [5.74, 6) is -0.550. The van der Waals surface area contributed by atoms with Crippen LogP contribution in [-0.4, -0.2) is 41.5 Å². The molecular formula is C11H16N6O2. The first-order valence-corrected chi connectivity index (χ1v) is 6.06. The summed E-state index contributed by atoms with van der Waals surface area (Å²) in [7, 11) is 0. The average molecular weight is 264 g/mol. The lowest BCUT2D eigenvalue weighted by atomic mass is 9.97. The van der Waals surface area contributed by atoms with E-state index in [1.807, 2.05) is 13.8 Å². The first kappa shape index (κ1) is 13.2. The largest absolute Gasteiger partial charge is 0.481 e. The van der Waals surface area contributed by atoms with Crippen molar-refractivity contribution in [2.24, 2.45) is 11.8 Å². The molecule has 19 heavy (non-hydrogen) atoms. The molecule has 2 rings (SSSR count). The van der Waals surface area contributed by atoms with Crippen molar-refractivity contribution in [3.63, 3.8) is 0 Å². The quantitative estimate of drug-likeness (QED) is 0.799. The van der Waals surface area contributed by atoms with Crippen LogP contribution in [0.3, 0.4) is 0 Å². The highest BCUT2D eigenvalue weighted by Gasteiger charge is 2.22. The van der Waals surface area contributed by atoms with E-state index in [9.17, 15) is 9.90 Å². The fourth-order valence-corrected chi connectivity index (χ4v) is 1.93. The van der Waals surface area contributed by atoms with Gasteiger partial charge in [0.25, 0.3) is 0 Å². The molecule has 0 aliphatic heterocycles. The molecule has 1 atom stereocenters. The number of nitrogens with one attached hydrogen (secondary N) is 1. The van der Waals surface area contributed by atoms with Crippen molar-refractivity contribution in [1.82, 2.24) is 30.4 Å². The SMILES string of the molecule is CC(C)CC(Cn1nnnc1-c1ccn[nH]1)C(=O)O. The average Bonchev–Trinajstić information content (AvgIpc) is 2.96. The number of hydrogen-bond donors (Lipinski definition) is 2. The molecule has 0 spiro atoms. The van der Waals surface area contributed by atoms with Gasteiger partial charge in [-0.05, 0) is 28.8 Å². The second kappa shape index (κ2) is 5.59. The van der Waals surface area contributed by atoms with Crippen LogP contribution in [0.15, 0.2) is 12.3 Å². The van der Waals surface area contributed by atoms with Crippen molar-refractivity contribution in [3.8, 4) is 11.5 Å². The Balaban J connectivity index is 2.18. The third-order valence-electron chi connectivity index (χ3n) is 2.77. The minimum Gasteiger partial charge on any atom is -0.481 e. The summed E-state index contributed by atoms with van der Waals surface area (Å²) in [5, 5.41) is 27.2. The highest BCUT2D eigenvalue weighted by Crippen LogP contribution is 2.17. The molecule has 2 heterocycles. The maximum Gasteiger partial charge on any atom is 0.308 e. The number of H-pyrrole nitrogens is 1. The molecule has 0 saturated carbocycles. The van der Waals surface area contributed by atoms with Gasteiger partial charge < -0.3 is 5.11 Å². The molecule has 0 fully saturated rings. The number of nitrogens with zero attached hydrogens (tertiary/aromatic N) is 5. The summed E-state index contributed by atoms with van der Waals surface area (Å²) in [6.45, 7) is 4.23. The number of carboxylic acids is 1. The Morgan fingerprint density at radius 2 is 2.32 bits per heavy atom.